The van der Waals surface area contributed by atoms with Gasteiger partial charge in [-0.3, -0.25) is 4.21 Å². The van der Waals surface area contributed by atoms with Gasteiger partial charge in [-0.05, 0) is 25.3 Å². The molecule has 1 aromatic carbocycles. The fourth-order valence-corrected chi connectivity index (χ4v) is 4.03. The van der Waals surface area contributed by atoms with Crippen LogP contribution in [-0.4, -0.2) is 15.5 Å². The second-order valence-electron chi connectivity index (χ2n) is 4.65. The summed E-state index contributed by atoms with van der Waals surface area (Å²) in [4.78, 5) is 0. The number of hydrogen-bond acceptors (Lipinski definition) is 2. The fraction of sp³-hybridized carbons (Fsp3) is 0.538. The molecule has 16 heavy (non-hydrogen) atoms. The summed E-state index contributed by atoms with van der Waals surface area (Å²) >= 11 is 0. The zero-order chi connectivity index (χ0) is 11.5. The molecule has 3 atom stereocenters. The molecule has 2 rings (SSSR count). The van der Waals surface area contributed by atoms with Crippen molar-refractivity contribution in [2.24, 2.45) is 5.73 Å². The molecule has 0 amide bonds. The van der Waals surface area contributed by atoms with Gasteiger partial charge in [-0.2, -0.15) is 0 Å². The Kier molecular flexibility index (Phi) is 3.77. The molecular weight excluding hydrogens is 218 g/mol. The SMILES string of the molecule is Cc1cccc(CS(=O)C2CCCC2N)c1. The minimum absolute atomic E-state index is 0.144. The molecule has 1 aliphatic rings. The van der Waals surface area contributed by atoms with Crippen molar-refractivity contribution in [3.05, 3.63) is 35.4 Å². The van der Waals surface area contributed by atoms with Crippen molar-refractivity contribution in [1.82, 2.24) is 0 Å². The van der Waals surface area contributed by atoms with Gasteiger partial charge in [-0.1, -0.05) is 36.2 Å². The third kappa shape index (κ3) is 2.71. The van der Waals surface area contributed by atoms with Gasteiger partial charge >= 0.3 is 0 Å². The summed E-state index contributed by atoms with van der Waals surface area (Å²) in [6.07, 6.45) is 3.19. The van der Waals surface area contributed by atoms with E-state index in [1.807, 2.05) is 12.1 Å². The van der Waals surface area contributed by atoms with Crippen LogP contribution in [0, 0.1) is 6.92 Å². The number of hydrogen-bond donors (Lipinski definition) is 1. The Bertz CT molecular complexity index is 391. The van der Waals surface area contributed by atoms with Crippen LogP contribution < -0.4 is 5.73 Å². The van der Waals surface area contributed by atoms with Crippen molar-refractivity contribution in [3.63, 3.8) is 0 Å². The fourth-order valence-electron chi connectivity index (χ4n) is 2.35. The van der Waals surface area contributed by atoms with Gasteiger partial charge in [0.15, 0.2) is 0 Å². The van der Waals surface area contributed by atoms with Crippen LogP contribution in [0.5, 0.6) is 0 Å². The summed E-state index contributed by atoms with van der Waals surface area (Å²) in [6.45, 7) is 2.06. The molecule has 0 bridgehead atoms. The van der Waals surface area contributed by atoms with Crippen LogP contribution in [0.25, 0.3) is 0 Å². The van der Waals surface area contributed by atoms with Crippen molar-refractivity contribution in [2.75, 3.05) is 0 Å². The van der Waals surface area contributed by atoms with Gasteiger partial charge in [-0.25, -0.2) is 0 Å². The van der Waals surface area contributed by atoms with Gasteiger partial charge in [0.2, 0.25) is 0 Å². The van der Waals surface area contributed by atoms with E-state index in [9.17, 15) is 4.21 Å². The third-order valence-electron chi connectivity index (χ3n) is 3.23. The molecule has 0 radical (unpaired) electrons. The standard InChI is InChI=1S/C13H19NOS/c1-10-4-2-5-11(8-10)9-16(15)13-7-3-6-12(13)14/h2,4-5,8,12-13H,3,6-7,9,14H2,1H3. The van der Waals surface area contributed by atoms with Gasteiger partial charge in [0.05, 0.1) is 5.25 Å². The van der Waals surface area contributed by atoms with E-state index in [1.54, 1.807) is 0 Å². The molecular formula is C13H19NOS. The largest absolute Gasteiger partial charge is 0.327 e. The Balaban J connectivity index is 2.02. The molecule has 1 saturated carbocycles. The Hall–Kier alpha value is -0.670. The van der Waals surface area contributed by atoms with Gasteiger partial charge in [0, 0.05) is 22.6 Å². The molecule has 0 aromatic heterocycles. The van der Waals surface area contributed by atoms with Gasteiger partial charge in [0.1, 0.15) is 0 Å². The molecule has 3 unspecified atom stereocenters. The monoisotopic (exact) mass is 237 g/mol. The van der Waals surface area contributed by atoms with Gasteiger partial charge < -0.3 is 5.73 Å². The minimum Gasteiger partial charge on any atom is -0.327 e. The lowest BCUT2D eigenvalue weighted by Gasteiger charge is -2.14. The molecule has 1 aromatic rings. The maximum absolute atomic E-state index is 12.2. The van der Waals surface area contributed by atoms with E-state index in [4.69, 9.17) is 5.73 Å². The van der Waals surface area contributed by atoms with E-state index in [0.717, 1.165) is 24.8 Å². The predicted molar refractivity (Wildman–Crippen MR) is 68.6 cm³/mol. The van der Waals surface area contributed by atoms with Crippen LogP contribution in [0.3, 0.4) is 0 Å². The lowest BCUT2D eigenvalue weighted by Crippen LogP contribution is -2.33. The molecule has 1 fully saturated rings. The molecule has 0 spiro atoms. The average molecular weight is 237 g/mol. The molecule has 1 aliphatic carbocycles. The number of aryl methyl sites for hydroxylation is 1. The summed E-state index contributed by atoms with van der Waals surface area (Å²) in [5, 5.41) is 0.209. The van der Waals surface area contributed by atoms with Gasteiger partial charge in [0.25, 0.3) is 0 Å². The molecule has 0 saturated heterocycles. The van der Waals surface area contributed by atoms with Crippen molar-refractivity contribution in [1.29, 1.82) is 0 Å². The van der Waals surface area contributed by atoms with Crippen LogP contribution in [0.2, 0.25) is 0 Å². The van der Waals surface area contributed by atoms with Crippen molar-refractivity contribution in [2.45, 2.75) is 43.2 Å². The van der Waals surface area contributed by atoms with Crippen molar-refractivity contribution >= 4 is 10.8 Å². The molecule has 88 valence electrons. The maximum atomic E-state index is 12.2. The number of benzene rings is 1. The number of nitrogens with two attached hydrogens (primary N) is 1. The van der Waals surface area contributed by atoms with Crippen LogP contribution in [0.1, 0.15) is 30.4 Å². The van der Waals surface area contributed by atoms with E-state index < -0.39 is 10.8 Å². The first kappa shape index (κ1) is 11.8. The van der Waals surface area contributed by atoms with E-state index >= 15 is 0 Å². The first-order valence-corrected chi connectivity index (χ1v) is 7.23. The van der Waals surface area contributed by atoms with E-state index in [2.05, 4.69) is 19.1 Å². The maximum Gasteiger partial charge on any atom is 0.0502 e. The summed E-state index contributed by atoms with van der Waals surface area (Å²) in [7, 11) is -0.810. The average Bonchev–Trinajstić information content (AvgIpc) is 2.64. The summed E-state index contributed by atoms with van der Waals surface area (Å²) in [6, 6.07) is 8.39. The third-order valence-corrected chi connectivity index (χ3v) is 5.11. The molecule has 3 heteroatoms. The lowest BCUT2D eigenvalue weighted by atomic mass is 10.2. The van der Waals surface area contributed by atoms with E-state index in [-0.39, 0.29) is 11.3 Å². The minimum atomic E-state index is -0.810. The van der Waals surface area contributed by atoms with E-state index in [1.165, 1.54) is 5.56 Å². The Morgan fingerprint density at radius 2 is 2.25 bits per heavy atom. The Labute approximate surface area is 99.7 Å². The van der Waals surface area contributed by atoms with Crippen LogP contribution in [0.4, 0.5) is 0 Å². The Morgan fingerprint density at radius 3 is 2.88 bits per heavy atom. The summed E-state index contributed by atoms with van der Waals surface area (Å²) in [5.41, 5.74) is 8.36. The van der Waals surface area contributed by atoms with E-state index in [0.29, 0.717) is 5.75 Å². The highest BCUT2D eigenvalue weighted by molar-refractivity contribution is 7.84. The highest BCUT2D eigenvalue weighted by atomic mass is 32.2. The molecule has 2 nitrogen and oxygen atoms in total. The van der Waals surface area contributed by atoms with Crippen LogP contribution >= 0.6 is 0 Å². The smallest absolute Gasteiger partial charge is 0.0502 e. The summed E-state index contributed by atoms with van der Waals surface area (Å²) < 4.78 is 12.2. The number of rotatable bonds is 3. The van der Waals surface area contributed by atoms with Crippen LogP contribution in [-0.2, 0) is 16.6 Å². The Morgan fingerprint density at radius 1 is 1.44 bits per heavy atom. The highest BCUT2D eigenvalue weighted by Gasteiger charge is 2.28. The predicted octanol–water partition coefficient (Wildman–Crippen LogP) is 2.12. The molecule has 2 N–H and O–H groups in total. The molecule has 0 heterocycles. The van der Waals surface area contributed by atoms with Crippen molar-refractivity contribution < 1.29 is 4.21 Å². The van der Waals surface area contributed by atoms with Crippen molar-refractivity contribution in [3.8, 4) is 0 Å². The lowest BCUT2D eigenvalue weighted by molar-refractivity contribution is 0.648. The highest BCUT2D eigenvalue weighted by Crippen LogP contribution is 2.24. The van der Waals surface area contributed by atoms with Crippen LogP contribution in [0.15, 0.2) is 24.3 Å². The first-order valence-electron chi connectivity index (χ1n) is 5.85. The second kappa shape index (κ2) is 5.11. The first-order chi connectivity index (χ1) is 7.66. The quantitative estimate of drug-likeness (QED) is 0.875. The summed E-state index contributed by atoms with van der Waals surface area (Å²) in [5.74, 6) is 0.653. The van der Waals surface area contributed by atoms with Gasteiger partial charge in [-0.15, -0.1) is 0 Å². The zero-order valence-electron chi connectivity index (χ0n) is 9.69. The topological polar surface area (TPSA) is 43.1 Å². The second-order valence-corrected chi connectivity index (χ2v) is 6.30. The molecule has 0 aliphatic heterocycles. The normalized spacial score (nSPS) is 26.9. The zero-order valence-corrected chi connectivity index (χ0v) is 10.5.